The SMILES string of the molecule is Cc1c(NC(=O)C(=O)NN=Cc2ccc([N+](=O)[O-])cc2)c(=O)n(-c2ccccc2)n1C. The Labute approximate surface area is 175 Å². The number of carbonyl (C=O) groups is 2. The molecule has 11 heteroatoms. The van der Waals surface area contributed by atoms with Crippen LogP contribution < -0.4 is 16.3 Å². The van der Waals surface area contributed by atoms with Gasteiger partial charge in [0.1, 0.15) is 5.69 Å². The van der Waals surface area contributed by atoms with Crippen LogP contribution in [0.25, 0.3) is 5.69 Å². The van der Waals surface area contributed by atoms with E-state index in [1.807, 2.05) is 11.5 Å². The van der Waals surface area contributed by atoms with Crippen molar-refractivity contribution in [1.82, 2.24) is 14.8 Å². The van der Waals surface area contributed by atoms with Gasteiger partial charge in [-0.15, -0.1) is 0 Å². The highest BCUT2D eigenvalue weighted by atomic mass is 16.6. The molecule has 3 rings (SSSR count). The predicted molar refractivity (Wildman–Crippen MR) is 113 cm³/mol. The molecule has 2 amide bonds. The Balaban J connectivity index is 1.69. The summed E-state index contributed by atoms with van der Waals surface area (Å²) in [5.41, 5.74) is 3.01. The summed E-state index contributed by atoms with van der Waals surface area (Å²) in [4.78, 5) is 47.1. The molecule has 0 atom stereocenters. The summed E-state index contributed by atoms with van der Waals surface area (Å²) >= 11 is 0. The van der Waals surface area contributed by atoms with Crippen molar-refractivity contribution in [3.05, 3.63) is 86.3 Å². The number of para-hydroxylation sites is 1. The Hall–Kier alpha value is -4.54. The fraction of sp³-hybridized carbons (Fsp3) is 0.100. The van der Waals surface area contributed by atoms with Crippen LogP contribution in [-0.2, 0) is 16.6 Å². The monoisotopic (exact) mass is 422 g/mol. The normalized spacial score (nSPS) is 10.8. The summed E-state index contributed by atoms with van der Waals surface area (Å²) in [6.07, 6.45) is 1.23. The molecule has 2 N–H and O–H groups in total. The van der Waals surface area contributed by atoms with Crippen LogP contribution >= 0.6 is 0 Å². The molecule has 0 aliphatic carbocycles. The second-order valence-corrected chi connectivity index (χ2v) is 6.44. The molecule has 0 aliphatic rings. The molecule has 0 fully saturated rings. The lowest BCUT2D eigenvalue weighted by Crippen LogP contribution is -2.34. The Kier molecular flexibility index (Phi) is 6.05. The highest BCUT2D eigenvalue weighted by molar-refractivity contribution is 6.39. The Morgan fingerprint density at radius 2 is 1.71 bits per heavy atom. The van der Waals surface area contributed by atoms with Gasteiger partial charge in [-0.3, -0.25) is 29.2 Å². The van der Waals surface area contributed by atoms with E-state index in [0.29, 0.717) is 16.9 Å². The van der Waals surface area contributed by atoms with Crippen LogP contribution in [0.5, 0.6) is 0 Å². The molecule has 0 saturated carbocycles. The van der Waals surface area contributed by atoms with Crippen LogP contribution in [0.4, 0.5) is 11.4 Å². The number of carbonyl (C=O) groups excluding carboxylic acids is 2. The molecule has 31 heavy (non-hydrogen) atoms. The summed E-state index contributed by atoms with van der Waals surface area (Å²) in [7, 11) is 1.66. The average molecular weight is 422 g/mol. The van der Waals surface area contributed by atoms with Crippen molar-refractivity contribution >= 4 is 29.4 Å². The molecule has 0 aliphatic heterocycles. The Morgan fingerprint density at radius 3 is 2.32 bits per heavy atom. The van der Waals surface area contributed by atoms with Gasteiger partial charge in [0, 0.05) is 19.2 Å². The van der Waals surface area contributed by atoms with E-state index in [9.17, 15) is 24.5 Å². The minimum Gasteiger partial charge on any atom is -0.311 e. The number of hydrazone groups is 1. The average Bonchev–Trinajstić information content (AvgIpc) is 2.97. The number of anilines is 1. The third kappa shape index (κ3) is 4.56. The molecule has 3 aromatic rings. The topological polar surface area (TPSA) is 141 Å². The van der Waals surface area contributed by atoms with Gasteiger partial charge >= 0.3 is 11.8 Å². The van der Waals surface area contributed by atoms with Gasteiger partial charge in [0.2, 0.25) is 0 Å². The molecule has 2 aromatic carbocycles. The molecule has 1 aromatic heterocycles. The van der Waals surface area contributed by atoms with E-state index < -0.39 is 22.3 Å². The van der Waals surface area contributed by atoms with Crippen LogP contribution in [0.15, 0.2) is 64.5 Å². The second-order valence-electron chi connectivity index (χ2n) is 6.44. The number of nitrogens with zero attached hydrogens (tertiary/aromatic N) is 4. The molecule has 0 saturated heterocycles. The number of hydrogen-bond donors (Lipinski definition) is 2. The van der Waals surface area contributed by atoms with Gasteiger partial charge in [-0.25, -0.2) is 10.1 Å². The lowest BCUT2D eigenvalue weighted by molar-refractivity contribution is -0.384. The molecular formula is C20H18N6O5. The number of nitro benzene ring substituents is 1. The van der Waals surface area contributed by atoms with E-state index in [4.69, 9.17) is 0 Å². The van der Waals surface area contributed by atoms with Gasteiger partial charge in [0.05, 0.1) is 22.5 Å². The van der Waals surface area contributed by atoms with E-state index in [2.05, 4.69) is 10.4 Å². The van der Waals surface area contributed by atoms with Crippen LogP contribution in [-0.4, -0.2) is 32.3 Å². The zero-order valence-electron chi connectivity index (χ0n) is 16.6. The first-order chi connectivity index (χ1) is 14.8. The highest BCUT2D eigenvalue weighted by Gasteiger charge is 2.21. The molecule has 0 bridgehead atoms. The summed E-state index contributed by atoms with van der Waals surface area (Å²) in [5.74, 6) is -2.14. The molecule has 11 nitrogen and oxygen atoms in total. The molecule has 0 unspecified atom stereocenters. The van der Waals surface area contributed by atoms with E-state index in [0.717, 1.165) is 0 Å². The molecule has 158 valence electrons. The van der Waals surface area contributed by atoms with Crippen molar-refractivity contribution in [3.8, 4) is 5.69 Å². The molecular weight excluding hydrogens is 404 g/mol. The van der Waals surface area contributed by atoms with E-state index in [1.54, 1.807) is 42.9 Å². The number of amides is 2. The number of rotatable bonds is 5. The van der Waals surface area contributed by atoms with Gasteiger partial charge in [-0.2, -0.15) is 5.10 Å². The van der Waals surface area contributed by atoms with Crippen LogP contribution in [0, 0.1) is 17.0 Å². The maximum absolute atomic E-state index is 12.8. The highest BCUT2D eigenvalue weighted by Crippen LogP contribution is 2.14. The lowest BCUT2D eigenvalue weighted by Gasteiger charge is -2.07. The first kappa shape index (κ1) is 21.2. The van der Waals surface area contributed by atoms with Crippen molar-refractivity contribution < 1.29 is 14.5 Å². The van der Waals surface area contributed by atoms with E-state index in [1.165, 1.54) is 35.2 Å². The minimum absolute atomic E-state index is 0.0224. The predicted octanol–water partition coefficient (Wildman–Crippen LogP) is 1.48. The van der Waals surface area contributed by atoms with Crippen LogP contribution in [0.3, 0.4) is 0 Å². The van der Waals surface area contributed by atoms with Crippen molar-refractivity contribution in [2.24, 2.45) is 12.1 Å². The first-order valence-corrected chi connectivity index (χ1v) is 9.02. The summed E-state index contributed by atoms with van der Waals surface area (Å²) in [6, 6.07) is 14.3. The van der Waals surface area contributed by atoms with Gasteiger partial charge in [0.25, 0.3) is 11.2 Å². The number of aromatic nitrogens is 2. The number of non-ortho nitro benzene ring substituents is 1. The Bertz CT molecular complexity index is 1230. The fourth-order valence-electron chi connectivity index (χ4n) is 2.78. The second kappa shape index (κ2) is 8.86. The quantitative estimate of drug-likeness (QED) is 0.277. The summed E-state index contributed by atoms with van der Waals surface area (Å²) < 4.78 is 2.94. The Morgan fingerprint density at radius 1 is 1.06 bits per heavy atom. The zero-order valence-corrected chi connectivity index (χ0v) is 16.6. The van der Waals surface area contributed by atoms with E-state index >= 15 is 0 Å². The largest absolute Gasteiger partial charge is 0.329 e. The first-order valence-electron chi connectivity index (χ1n) is 9.02. The number of benzene rings is 2. The van der Waals surface area contributed by atoms with Gasteiger partial charge in [-0.05, 0) is 36.8 Å². The minimum atomic E-state index is -1.08. The standard InChI is InChI=1S/C20H18N6O5/c1-13-17(20(29)25(24(13)2)15-6-4-3-5-7-15)22-18(27)19(28)23-21-12-14-8-10-16(11-9-14)26(30)31/h3-12H,1-2H3,(H,22,27)(H,23,28). The van der Waals surface area contributed by atoms with Crippen molar-refractivity contribution in [1.29, 1.82) is 0 Å². The third-order valence-electron chi connectivity index (χ3n) is 4.48. The van der Waals surface area contributed by atoms with Crippen molar-refractivity contribution in [3.63, 3.8) is 0 Å². The van der Waals surface area contributed by atoms with Crippen LogP contribution in [0.1, 0.15) is 11.3 Å². The number of hydrogen-bond acceptors (Lipinski definition) is 6. The molecule has 1 heterocycles. The third-order valence-corrected chi connectivity index (χ3v) is 4.48. The van der Waals surface area contributed by atoms with E-state index in [-0.39, 0.29) is 11.4 Å². The van der Waals surface area contributed by atoms with Gasteiger partial charge in [-0.1, -0.05) is 18.2 Å². The fourth-order valence-corrected chi connectivity index (χ4v) is 2.78. The van der Waals surface area contributed by atoms with Crippen LogP contribution in [0.2, 0.25) is 0 Å². The van der Waals surface area contributed by atoms with Gasteiger partial charge in [0.15, 0.2) is 0 Å². The lowest BCUT2D eigenvalue weighted by atomic mass is 10.2. The number of nitro groups is 1. The summed E-state index contributed by atoms with van der Waals surface area (Å²) in [5, 5.41) is 16.6. The van der Waals surface area contributed by atoms with Gasteiger partial charge < -0.3 is 5.32 Å². The van der Waals surface area contributed by atoms with Crippen molar-refractivity contribution in [2.45, 2.75) is 6.92 Å². The molecule has 0 radical (unpaired) electrons. The van der Waals surface area contributed by atoms with Crippen molar-refractivity contribution in [2.75, 3.05) is 5.32 Å². The number of nitrogens with one attached hydrogen (secondary N) is 2. The maximum atomic E-state index is 12.8. The summed E-state index contributed by atoms with van der Waals surface area (Å²) in [6.45, 7) is 1.64. The maximum Gasteiger partial charge on any atom is 0.329 e. The zero-order chi connectivity index (χ0) is 22.5. The smallest absolute Gasteiger partial charge is 0.311 e. The molecule has 0 spiro atoms.